The van der Waals surface area contributed by atoms with Crippen LogP contribution in [0.15, 0.2) is 24.3 Å². The summed E-state index contributed by atoms with van der Waals surface area (Å²) in [5.41, 5.74) is 1.56. The van der Waals surface area contributed by atoms with Gasteiger partial charge in [0.25, 0.3) is 0 Å². The van der Waals surface area contributed by atoms with Crippen LogP contribution in [0.5, 0.6) is 0 Å². The summed E-state index contributed by atoms with van der Waals surface area (Å²) in [6.45, 7) is 0. The highest BCUT2D eigenvalue weighted by molar-refractivity contribution is 7.90. The Hall–Kier alpha value is -2.22. The molecule has 4 rings (SSSR count). The molecule has 144 valence electrons. The molecule has 0 bridgehead atoms. The largest absolute Gasteiger partial charge is 0.310 e. The van der Waals surface area contributed by atoms with Gasteiger partial charge < -0.3 is 5.32 Å². The van der Waals surface area contributed by atoms with Gasteiger partial charge in [-0.15, -0.1) is 0 Å². The zero-order valence-corrected chi connectivity index (χ0v) is 15.8. The number of fused-ring (bicyclic) bond motifs is 1. The zero-order valence-electron chi connectivity index (χ0n) is 14.9. The summed E-state index contributed by atoms with van der Waals surface area (Å²) < 4.78 is 38.7. The fourth-order valence-electron chi connectivity index (χ4n) is 3.97. The molecule has 0 radical (unpaired) electrons. The molecule has 2 aromatic rings. The summed E-state index contributed by atoms with van der Waals surface area (Å²) in [6.07, 6.45) is 6.06. The summed E-state index contributed by atoms with van der Waals surface area (Å²) in [7, 11) is -3.24. The summed E-state index contributed by atoms with van der Waals surface area (Å²) >= 11 is 0. The third-order valence-electron chi connectivity index (χ3n) is 5.37. The van der Waals surface area contributed by atoms with Crippen LogP contribution >= 0.6 is 0 Å². The molecule has 0 saturated heterocycles. The number of hydrogen-bond donors (Lipinski definition) is 1. The smallest absolute Gasteiger partial charge is 0.225 e. The highest BCUT2D eigenvalue weighted by Crippen LogP contribution is 2.33. The lowest BCUT2D eigenvalue weighted by Crippen LogP contribution is -2.17. The SMILES string of the molecule is O=C(CCC1CCCC1)Nc1c2c(nn1-c1ccc(F)cc1)CS(=O)(=O)C2. The first-order chi connectivity index (χ1) is 12.9. The molecule has 2 heterocycles. The van der Waals surface area contributed by atoms with Gasteiger partial charge in [0.2, 0.25) is 5.91 Å². The highest BCUT2D eigenvalue weighted by atomic mass is 32.2. The van der Waals surface area contributed by atoms with Crippen LogP contribution in [-0.2, 0) is 26.1 Å². The van der Waals surface area contributed by atoms with E-state index in [1.807, 2.05) is 0 Å². The van der Waals surface area contributed by atoms with Crippen molar-refractivity contribution in [3.8, 4) is 5.69 Å². The topological polar surface area (TPSA) is 81.1 Å². The van der Waals surface area contributed by atoms with E-state index in [0.29, 0.717) is 35.1 Å². The first kappa shape index (κ1) is 18.2. The molecule has 0 unspecified atom stereocenters. The zero-order chi connectivity index (χ0) is 19.0. The van der Waals surface area contributed by atoms with Crippen molar-refractivity contribution >= 4 is 21.6 Å². The van der Waals surface area contributed by atoms with Gasteiger partial charge in [-0.2, -0.15) is 5.10 Å². The van der Waals surface area contributed by atoms with Crippen molar-refractivity contribution in [2.75, 3.05) is 5.32 Å². The lowest BCUT2D eigenvalue weighted by Gasteiger charge is -2.12. The number of sulfone groups is 1. The van der Waals surface area contributed by atoms with E-state index < -0.39 is 9.84 Å². The quantitative estimate of drug-likeness (QED) is 0.848. The number of nitrogens with zero attached hydrogens (tertiary/aromatic N) is 2. The third kappa shape index (κ3) is 3.90. The minimum Gasteiger partial charge on any atom is -0.310 e. The lowest BCUT2D eigenvalue weighted by atomic mass is 10.0. The number of nitrogens with one attached hydrogen (secondary N) is 1. The van der Waals surface area contributed by atoms with Gasteiger partial charge in [0.15, 0.2) is 9.84 Å². The molecule has 0 atom stereocenters. The van der Waals surface area contributed by atoms with Crippen molar-refractivity contribution < 1.29 is 17.6 Å². The van der Waals surface area contributed by atoms with E-state index in [-0.39, 0.29) is 23.2 Å². The summed E-state index contributed by atoms with van der Waals surface area (Å²) in [5.74, 6) is 0.196. The van der Waals surface area contributed by atoms with Crippen LogP contribution < -0.4 is 5.32 Å². The van der Waals surface area contributed by atoms with Crippen LogP contribution in [0.1, 0.15) is 49.8 Å². The Labute approximate surface area is 157 Å². The molecular weight excluding hydrogens is 369 g/mol. The summed E-state index contributed by atoms with van der Waals surface area (Å²) in [6, 6.07) is 5.73. The maximum Gasteiger partial charge on any atom is 0.225 e. The Morgan fingerprint density at radius 1 is 1.19 bits per heavy atom. The summed E-state index contributed by atoms with van der Waals surface area (Å²) in [4.78, 5) is 12.5. The molecule has 8 heteroatoms. The monoisotopic (exact) mass is 391 g/mol. The third-order valence-corrected chi connectivity index (χ3v) is 6.81. The minimum absolute atomic E-state index is 0.137. The van der Waals surface area contributed by atoms with Gasteiger partial charge in [-0.1, -0.05) is 25.7 Å². The van der Waals surface area contributed by atoms with Gasteiger partial charge in [-0.3, -0.25) is 4.79 Å². The molecular formula is C19H22FN3O3S. The number of hydrogen-bond acceptors (Lipinski definition) is 4. The van der Waals surface area contributed by atoms with E-state index in [2.05, 4.69) is 10.4 Å². The van der Waals surface area contributed by atoms with Crippen molar-refractivity contribution in [1.82, 2.24) is 9.78 Å². The first-order valence-corrected chi connectivity index (χ1v) is 11.1. The second-order valence-corrected chi connectivity index (χ2v) is 9.50. The van der Waals surface area contributed by atoms with Gasteiger partial charge in [0.05, 0.1) is 22.9 Å². The summed E-state index contributed by atoms with van der Waals surface area (Å²) in [5, 5.41) is 7.25. The van der Waals surface area contributed by atoms with Gasteiger partial charge in [-0.05, 0) is 36.6 Å². The van der Waals surface area contributed by atoms with Crippen LogP contribution in [0.2, 0.25) is 0 Å². The first-order valence-electron chi connectivity index (χ1n) is 9.28. The predicted molar refractivity (Wildman–Crippen MR) is 99.7 cm³/mol. The maximum atomic E-state index is 13.2. The van der Waals surface area contributed by atoms with Gasteiger partial charge in [0.1, 0.15) is 11.6 Å². The number of anilines is 1. The van der Waals surface area contributed by atoms with E-state index in [1.165, 1.54) is 42.5 Å². The fraction of sp³-hybridized carbons (Fsp3) is 0.474. The van der Waals surface area contributed by atoms with Gasteiger partial charge >= 0.3 is 0 Å². The molecule has 27 heavy (non-hydrogen) atoms. The molecule has 6 nitrogen and oxygen atoms in total. The predicted octanol–water partition coefficient (Wildman–Crippen LogP) is 3.35. The number of carbonyl (C=O) groups is 1. The van der Waals surface area contributed by atoms with E-state index in [1.54, 1.807) is 12.1 Å². The number of aromatic nitrogens is 2. The van der Waals surface area contributed by atoms with Gasteiger partial charge in [0, 0.05) is 12.0 Å². The Bertz CT molecular complexity index is 961. The molecule has 1 aliphatic heterocycles. The lowest BCUT2D eigenvalue weighted by molar-refractivity contribution is -0.116. The van der Waals surface area contributed by atoms with Crippen molar-refractivity contribution in [2.24, 2.45) is 5.92 Å². The van der Waals surface area contributed by atoms with E-state index in [9.17, 15) is 17.6 Å². The molecule has 1 amide bonds. The van der Waals surface area contributed by atoms with Gasteiger partial charge in [-0.25, -0.2) is 17.5 Å². The second-order valence-electron chi connectivity index (χ2n) is 7.43. The molecule has 1 fully saturated rings. The molecule has 0 spiro atoms. The molecule has 2 aliphatic rings. The Balaban J connectivity index is 1.59. The van der Waals surface area contributed by atoms with Crippen molar-refractivity contribution in [3.05, 3.63) is 41.3 Å². The number of benzene rings is 1. The minimum atomic E-state index is -3.24. The Morgan fingerprint density at radius 2 is 1.89 bits per heavy atom. The number of rotatable bonds is 5. The van der Waals surface area contributed by atoms with E-state index >= 15 is 0 Å². The number of amides is 1. The normalized spacial score (nSPS) is 18.6. The molecule has 1 N–H and O–H groups in total. The number of halogens is 1. The van der Waals surface area contributed by atoms with E-state index in [0.717, 1.165) is 6.42 Å². The van der Waals surface area contributed by atoms with Crippen LogP contribution in [0.3, 0.4) is 0 Å². The van der Waals surface area contributed by atoms with Crippen molar-refractivity contribution in [3.63, 3.8) is 0 Å². The maximum absolute atomic E-state index is 13.2. The Morgan fingerprint density at radius 3 is 2.59 bits per heavy atom. The van der Waals surface area contributed by atoms with E-state index in [4.69, 9.17) is 0 Å². The van der Waals surface area contributed by atoms with Crippen LogP contribution in [-0.4, -0.2) is 24.1 Å². The van der Waals surface area contributed by atoms with Crippen LogP contribution in [0.4, 0.5) is 10.2 Å². The van der Waals surface area contributed by atoms with Crippen LogP contribution in [0, 0.1) is 11.7 Å². The van der Waals surface area contributed by atoms with Crippen molar-refractivity contribution in [1.29, 1.82) is 0 Å². The Kier molecular flexibility index (Phi) is 4.75. The highest BCUT2D eigenvalue weighted by Gasteiger charge is 2.33. The molecule has 1 saturated carbocycles. The molecule has 1 aromatic heterocycles. The number of carbonyl (C=O) groups excluding carboxylic acids is 1. The van der Waals surface area contributed by atoms with Crippen LogP contribution in [0.25, 0.3) is 5.69 Å². The second kappa shape index (κ2) is 7.07. The average molecular weight is 391 g/mol. The fourth-order valence-corrected chi connectivity index (χ4v) is 5.46. The van der Waals surface area contributed by atoms with Crippen molar-refractivity contribution in [2.45, 2.75) is 50.0 Å². The molecule has 1 aromatic carbocycles. The standard InChI is InChI=1S/C19H22FN3O3S/c20-14-6-8-15(9-7-14)23-19(16-11-27(25,26)12-17(16)22-23)21-18(24)10-5-13-3-1-2-4-13/h6-9,13H,1-5,10-12H2,(H,21,24). The molecule has 1 aliphatic carbocycles. The average Bonchev–Trinajstić information content (AvgIpc) is 3.30.